The number of nitrogens with zero attached hydrogens (tertiary/aromatic N) is 3. The Bertz CT molecular complexity index is 364. The summed E-state index contributed by atoms with van der Waals surface area (Å²) in [6.45, 7) is 12.2. The molecule has 0 bridgehead atoms. The molecular formula is C14H26N4. The van der Waals surface area contributed by atoms with Crippen LogP contribution in [0.25, 0.3) is 0 Å². The first-order valence-corrected chi connectivity index (χ1v) is 7.02. The largest absolute Gasteiger partial charge is 0.333 e. The Morgan fingerprint density at radius 3 is 2.89 bits per heavy atom. The van der Waals surface area contributed by atoms with Crippen molar-refractivity contribution in [1.82, 2.24) is 19.8 Å². The Balaban J connectivity index is 1.61. The molecule has 4 nitrogen and oxygen atoms in total. The second-order valence-electron chi connectivity index (χ2n) is 6.20. The van der Waals surface area contributed by atoms with E-state index in [1.165, 1.54) is 25.2 Å². The third kappa shape index (κ3) is 4.10. The summed E-state index contributed by atoms with van der Waals surface area (Å²) < 4.78 is 2.26. The molecule has 1 N–H and O–H groups in total. The van der Waals surface area contributed by atoms with Crippen LogP contribution in [0, 0.1) is 0 Å². The third-order valence-corrected chi connectivity index (χ3v) is 3.38. The van der Waals surface area contributed by atoms with Crippen molar-refractivity contribution in [2.45, 2.75) is 52.2 Å². The van der Waals surface area contributed by atoms with Gasteiger partial charge in [0.05, 0.1) is 6.54 Å². The zero-order valence-corrected chi connectivity index (χ0v) is 11.9. The molecule has 0 saturated carbocycles. The van der Waals surface area contributed by atoms with Gasteiger partial charge in [0.25, 0.3) is 0 Å². The molecular weight excluding hydrogens is 224 g/mol. The van der Waals surface area contributed by atoms with Crippen LogP contribution < -0.4 is 5.32 Å². The average Bonchev–Trinajstić information content (AvgIpc) is 2.74. The van der Waals surface area contributed by atoms with E-state index in [0.717, 1.165) is 26.2 Å². The molecule has 0 amide bonds. The minimum atomic E-state index is 0.246. The third-order valence-electron chi connectivity index (χ3n) is 3.38. The number of hydrogen-bond acceptors (Lipinski definition) is 3. The number of unbranched alkanes of at least 4 members (excludes halogenated alkanes) is 1. The highest BCUT2D eigenvalue weighted by atomic mass is 15.2. The number of imidazole rings is 1. The lowest BCUT2D eigenvalue weighted by atomic mass is 10.1. The van der Waals surface area contributed by atoms with E-state index in [1.54, 1.807) is 0 Å². The lowest BCUT2D eigenvalue weighted by Crippen LogP contribution is -2.37. The Hall–Kier alpha value is -0.870. The molecule has 1 aliphatic heterocycles. The predicted molar refractivity (Wildman–Crippen MR) is 74.5 cm³/mol. The van der Waals surface area contributed by atoms with Gasteiger partial charge in [0, 0.05) is 31.0 Å². The van der Waals surface area contributed by atoms with Crippen molar-refractivity contribution in [3.63, 3.8) is 0 Å². The van der Waals surface area contributed by atoms with Crippen molar-refractivity contribution in [3.8, 4) is 0 Å². The van der Waals surface area contributed by atoms with Crippen molar-refractivity contribution in [3.05, 3.63) is 18.2 Å². The molecule has 0 unspecified atom stereocenters. The van der Waals surface area contributed by atoms with E-state index in [2.05, 4.69) is 46.7 Å². The maximum Gasteiger partial charge on any atom is 0.122 e. The van der Waals surface area contributed by atoms with E-state index in [4.69, 9.17) is 0 Å². The molecule has 0 atom stereocenters. The summed E-state index contributed by atoms with van der Waals surface area (Å²) in [5.41, 5.74) is 0.246. The number of nitrogens with one attached hydrogen (secondary N) is 1. The quantitative estimate of drug-likeness (QED) is 0.810. The monoisotopic (exact) mass is 250 g/mol. The number of rotatable bonds is 5. The molecule has 1 aromatic heterocycles. The molecule has 2 rings (SSSR count). The van der Waals surface area contributed by atoms with E-state index < -0.39 is 0 Å². The van der Waals surface area contributed by atoms with Gasteiger partial charge in [0.2, 0.25) is 0 Å². The highest BCUT2D eigenvalue weighted by Crippen LogP contribution is 2.10. The first kappa shape index (κ1) is 13.6. The lowest BCUT2D eigenvalue weighted by Gasteiger charge is -2.27. The summed E-state index contributed by atoms with van der Waals surface area (Å²) in [7, 11) is 0. The van der Waals surface area contributed by atoms with Crippen LogP contribution >= 0.6 is 0 Å². The minimum absolute atomic E-state index is 0.246. The van der Waals surface area contributed by atoms with Gasteiger partial charge < -0.3 is 9.88 Å². The average molecular weight is 250 g/mol. The van der Waals surface area contributed by atoms with E-state index in [1.807, 2.05) is 6.20 Å². The van der Waals surface area contributed by atoms with E-state index in [-0.39, 0.29) is 5.54 Å². The van der Waals surface area contributed by atoms with E-state index in [0.29, 0.717) is 0 Å². The normalized spacial score (nSPS) is 16.8. The lowest BCUT2D eigenvalue weighted by molar-refractivity contribution is 0.212. The zero-order chi connectivity index (χ0) is 13.0. The van der Waals surface area contributed by atoms with Crippen molar-refractivity contribution >= 4 is 0 Å². The van der Waals surface area contributed by atoms with Crippen LogP contribution in [-0.2, 0) is 13.1 Å². The summed E-state index contributed by atoms with van der Waals surface area (Å²) in [6.07, 6.45) is 6.51. The Morgan fingerprint density at radius 2 is 2.11 bits per heavy atom. The summed E-state index contributed by atoms with van der Waals surface area (Å²) >= 11 is 0. The SMILES string of the molecule is CC(C)(C)NCCCCN1CCn2ccnc2C1. The van der Waals surface area contributed by atoms with Crippen molar-refractivity contribution in [1.29, 1.82) is 0 Å². The van der Waals surface area contributed by atoms with Crippen LogP contribution in [0.1, 0.15) is 39.4 Å². The molecule has 4 heteroatoms. The van der Waals surface area contributed by atoms with Gasteiger partial charge in [0.15, 0.2) is 0 Å². The summed E-state index contributed by atoms with van der Waals surface area (Å²) in [5.74, 6) is 1.22. The van der Waals surface area contributed by atoms with Gasteiger partial charge in [-0.1, -0.05) is 0 Å². The van der Waals surface area contributed by atoms with Gasteiger partial charge in [-0.05, 0) is 46.7 Å². The van der Waals surface area contributed by atoms with Gasteiger partial charge in [-0.25, -0.2) is 4.98 Å². The standard InChI is InChI=1S/C14H26N4/c1-14(2,3)16-6-4-5-8-17-10-11-18-9-7-15-13(18)12-17/h7,9,16H,4-6,8,10-12H2,1-3H3. The Kier molecular flexibility index (Phi) is 4.40. The first-order chi connectivity index (χ1) is 8.54. The predicted octanol–water partition coefficient (Wildman–Crippen LogP) is 1.87. The van der Waals surface area contributed by atoms with Crippen LogP contribution in [-0.4, -0.2) is 39.6 Å². The fraction of sp³-hybridized carbons (Fsp3) is 0.786. The van der Waals surface area contributed by atoms with E-state index >= 15 is 0 Å². The Morgan fingerprint density at radius 1 is 1.28 bits per heavy atom. The van der Waals surface area contributed by atoms with E-state index in [9.17, 15) is 0 Å². The molecule has 0 spiro atoms. The van der Waals surface area contributed by atoms with Gasteiger partial charge >= 0.3 is 0 Å². The molecule has 0 radical (unpaired) electrons. The minimum Gasteiger partial charge on any atom is -0.333 e. The van der Waals surface area contributed by atoms with Gasteiger partial charge in [-0.15, -0.1) is 0 Å². The molecule has 2 heterocycles. The van der Waals surface area contributed by atoms with Crippen LogP contribution in [0.5, 0.6) is 0 Å². The molecule has 1 aliphatic rings. The van der Waals surface area contributed by atoms with Gasteiger partial charge in [-0.2, -0.15) is 0 Å². The topological polar surface area (TPSA) is 33.1 Å². The zero-order valence-electron chi connectivity index (χ0n) is 11.9. The molecule has 1 aromatic rings. The molecule has 0 fully saturated rings. The van der Waals surface area contributed by atoms with Crippen molar-refractivity contribution in [2.75, 3.05) is 19.6 Å². The molecule has 0 saturated heterocycles. The van der Waals surface area contributed by atoms with Crippen LogP contribution in [0.15, 0.2) is 12.4 Å². The van der Waals surface area contributed by atoms with Crippen molar-refractivity contribution in [2.24, 2.45) is 0 Å². The second-order valence-corrected chi connectivity index (χ2v) is 6.20. The highest BCUT2D eigenvalue weighted by molar-refractivity contribution is 4.95. The van der Waals surface area contributed by atoms with Gasteiger partial charge in [-0.3, -0.25) is 4.90 Å². The van der Waals surface area contributed by atoms with Crippen LogP contribution in [0.2, 0.25) is 0 Å². The first-order valence-electron chi connectivity index (χ1n) is 7.02. The summed E-state index contributed by atoms with van der Waals surface area (Å²) in [6, 6.07) is 0. The van der Waals surface area contributed by atoms with Crippen LogP contribution in [0.3, 0.4) is 0 Å². The fourth-order valence-electron chi connectivity index (χ4n) is 2.34. The van der Waals surface area contributed by atoms with Crippen LogP contribution in [0.4, 0.5) is 0 Å². The fourth-order valence-corrected chi connectivity index (χ4v) is 2.34. The number of fused-ring (bicyclic) bond motifs is 1. The number of hydrogen-bond donors (Lipinski definition) is 1. The molecule has 0 aromatic carbocycles. The maximum absolute atomic E-state index is 4.39. The Labute approximate surface area is 110 Å². The maximum atomic E-state index is 4.39. The molecule has 0 aliphatic carbocycles. The summed E-state index contributed by atoms with van der Waals surface area (Å²) in [4.78, 5) is 6.91. The highest BCUT2D eigenvalue weighted by Gasteiger charge is 2.15. The number of aromatic nitrogens is 2. The molecule has 18 heavy (non-hydrogen) atoms. The smallest absolute Gasteiger partial charge is 0.122 e. The second kappa shape index (κ2) is 5.85. The molecule has 102 valence electrons. The van der Waals surface area contributed by atoms with Gasteiger partial charge in [0.1, 0.15) is 5.82 Å². The van der Waals surface area contributed by atoms with Crippen molar-refractivity contribution < 1.29 is 0 Å². The summed E-state index contributed by atoms with van der Waals surface area (Å²) in [5, 5.41) is 3.54.